The lowest BCUT2D eigenvalue weighted by atomic mass is 9.90. The topological polar surface area (TPSA) is 49.4 Å². The number of hydrogen-bond acceptors (Lipinski definition) is 3. The zero-order valence-corrected chi connectivity index (χ0v) is 14.6. The molecule has 130 valence electrons. The first kappa shape index (κ1) is 17.2. The lowest BCUT2D eigenvalue weighted by Gasteiger charge is -2.31. The highest BCUT2D eigenvalue weighted by Gasteiger charge is 2.21. The molecule has 4 heteroatoms. The summed E-state index contributed by atoms with van der Waals surface area (Å²) in [5.41, 5.74) is 3.53. The van der Waals surface area contributed by atoms with Gasteiger partial charge >= 0.3 is 0 Å². The van der Waals surface area contributed by atoms with Gasteiger partial charge in [0.1, 0.15) is 0 Å². The molecule has 2 aliphatic heterocycles. The molecular formula is C20H28N2O2. The van der Waals surface area contributed by atoms with Crippen LogP contribution in [0, 0.1) is 5.92 Å². The molecule has 0 aliphatic carbocycles. The molecule has 1 aromatic carbocycles. The fourth-order valence-electron chi connectivity index (χ4n) is 3.85. The fourth-order valence-corrected chi connectivity index (χ4v) is 3.85. The Morgan fingerprint density at radius 1 is 1.21 bits per heavy atom. The van der Waals surface area contributed by atoms with Gasteiger partial charge in [0, 0.05) is 38.5 Å². The van der Waals surface area contributed by atoms with Crippen LogP contribution in [0.1, 0.15) is 60.5 Å². The average molecular weight is 328 g/mol. The van der Waals surface area contributed by atoms with Gasteiger partial charge in [0.05, 0.1) is 0 Å². The van der Waals surface area contributed by atoms with E-state index in [2.05, 4.69) is 17.4 Å². The van der Waals surface area contributed by atoms with Crippen molar-refractivity contribution in [2.45, 2.75) is 52.0 Å². The molecule has 3 rings (SSSR count). The van der Waals surface area contributed by atoms with E-state index in [0.717, 1.165) is 57.4 Å². The van der Waals surface area contributed by atoms with Crippen LogP contribution in [0.4, 0.5) is 0 Å². The molecule has 0 spiro atoms. The predicted molar refractivity (Wildman–Crippen MR) is 95.0 cm³/mol. The van der Waals surface area contributed by atoms with Crippen LogP contribution in [0.3, 0.4) is 0 Å². The highest BCUT2D eigenvalue weighted by molar-refractivity contribution is 5.96. The Morgan fingerprint density at radius 2 is 2.00 bits per heavy atom. The van der Waals surface area contributed by atoms with Crippen molar-refractivity contribution in [3.63, 3.8) is 0 Å². The zero-order chi connectivity index (χ0) is 16.9. The van der Waals surface area contributed by atoms with Crippen LogP contribution in [0.5, 0.6) is 0 Å². The number of nitrogens with zero attached hydrogens (tertiary/aromatic N) is 1. The number of fused-ring (bicyclic) bond motifs is 1. The monoisotopic (exact) mass is 328 g/mol. The Hall–Kier alpha value is -1.68. The smallest absolute Gasteiger partial charge is 0.219 e. The number of hydrogen-bond donors (Lipinski definition) is 1. The zero-order valence-electron chi connectivity index (χ0n) is 14.6. The minimum absolute atomic E-state index is 0.170. The van der Waals surface area contributed by atoms with Crippen molar-refractivity contribution in [3.8, 4) is 0 Å². The van der Waals surface area contributed by atoms with Gasteiger partial charge in [0.15, 0.2) is 5.78 Å². The molecule has 0 saturated carbocycles. The quantitative estimate of drug-likeness (QED) is 0.865. The van der Waals surface area contributed by atoms with Crippen molar-refractivity contribution in [3.05, 3.63) is 34.9 Å². The first-order valence-electron chi connectivity index (χ1n) is 9.24. The highest BCUT2D eigenvalue weighted by atomic mass is 16.2. The Morgan fingerprint density at radius 3 is 2.75 bits per heavy atom. The number of likely N-dealkylation sites (tertiary alicyclic amines) is 1. The highest BCUT2D eigenvalue weighted by Crippen LogP contribution is 2.24. The number of carbonyl (C=O) groups excluding carboxylic acids is 2. The second-order valence-corrected chi connectivity index (χ2v) is 7.18. The number of piperidine rings is 1. The molecule has 2 aliphatic rings. The summed E-state index contributed by atoms with van der Waals surface area (Å²) in [6, 6.07) is 6.24. The summed E-state index contributed by atoms with van der Waals surface area (Å²) in [6.45, 7) is 5.26. The van der Waals surface area contributed by atoms with E-state index in [1.807, 2.05) is 11.0 Å². The van der Waals surface area contributed by atoms with Gasteiger partial charge in [-0.15, -0.1) is 0 Å². The normalized spacial score (nSPS) is 18.8. The van der Waals surface area contributed by atoms with Crippen LogP contribution in [0.2, 0.25) is 0 Å². The third-order valence-electron chi connectivity index (χ3n) is 5.48. The molecule has 0 radical (unpaired) electrons. The van der Waals surface area contributed by atoms with E-state index in [9.17, 15) is 9.59 Å². The number of rotatable bonds is 4. The van der Waals surface area contributed by atoms with E-state index >= 15 is 0 Å². The molecule has 1 aromatic rings. The van der Waals surface area contributed by atoms with Gasteiger partial charge in [-0.1, -0.05) is 12.1 Å². The molecule has 1 N–H and O–H groups in total. The van der Waals surface area contributed by atoms with Crippen LogP contribution in [0.15, 0.2) is 18.2 Å². The van der Waals surface area contributed by atoms with E-state index in [-0.39, 0.29) is 11.7 Å². The summed E-state index contributed by atoms with van der Waals surface area (Å²) < 4.78 is 0. The van der Waals surface area contributed by atoms with Crippen molar-refractivity contribution >= 4 is 11.7 Å². The van der Waals surface area contributed by atoms with Crippen LogP contribution < -0.4 is 5.32 Å². The second-order valence-electron chi connectivity index (χ2n) is 7.18. The lowest BCUT2D eigenvalue weighted by Crippen LogP contribution is -2.37. The maximum absolute atomic E-state index is 12.5. The number of nitrogens with one attached hydrogen (secondary N) is 1. The van der Waals surface area contributed by atoms with E-state index in [1.165, 1.54) is 17.5 Å². The molecule has 1 fully saturated rings. The largest absolute Gasteiger partial charge is 0.343 e. The van der Waals surface area contributed by atoms with Crippen molar-refractivity contribution < 1.29 is 9.59 Å². The third kappa shape index (κ3) is 4.23. The molecule has 1 amide bonds. The molecule has 2 heterocycles. The number of carbonyl (C=O) groups is 2. The number of Topliss-reactive ketones (excluding diaryl/α,β-unsaturated/α-hetero) is 1. The van der Waals surface area contributed by atoms with E-state index < -0.39 is 0 Å². The summed E-state index contributed by atoms with van der Waals surface area (Å²) >= 11 is 0. The summed E-state index contributed by atoms with van der Waals surface area (Å²) in [5.74, 6) is 1.01. The minimum Gasteiger partial charge on any atom is -0.343 e. The average Bonchev–Trinajstić information content (AvgIpc) is 2.84. The summed E-state index contributed by atoms with van der Waals surface area (Å²) in [7, 11) is 0. The number of benzene rings is 1. The van der Waals surface area contributed by atoms with E-state index in [0.29, 0.717) is 12.3 Å². The molecule has 0 aromatic heterocycles. The Labute approximate surface area is 144 Å². The van der Waals surface area contributed by atoms with Crippen LogP contribution in [-0.2, 0) is 17.8 Å². The molecule has 1 saturated heterocycles. The fraction of sp³-hybridized carbons (Fsp3) is 0.600. The predicted octanol–water partition coefficient (Wildman–Crippen LogP) is 2.94. The van der Waals surface area contributed by atoms with Crippen molar-refractivity contribution in [1.29, 1.82) is 0 Å². The molecule has 4 nitrogen and oxygen atoms in total. The van der Waals surface area contributed by atoms with Crippen molar-refractivity contribution in [1.82, 2.24) is 10.2 Å². The maximum atomic E-state index is 12.5. The maximum Gasteiger partial charge on any atom is 0.219 e. The van der Waals surface area contributed by atoms with Gasteiger partial charge in [0.25, 0.3) is 0 Å². The van der Waals surface area contributed by atoms with Gasteiger partial charge in [-0.05, 0) is 61.8 Å². The van der Waals surface area contributed by atoms with Gasteiger partial charge in [-0.25, -0.2) is 0 Å². The molecule has 0 bridgehead atoms. The molecule has 0 atom stereocenters. The Balaban J connectivity index is 1.52. The summed E-state index contributed by atoms with van der Waals surface area (Å²) in [6.07, 6.45) is 5.89. The second kappa shape index (κ2) is 7.93. The lowest BCUT2D eigenvalue weighted by molar-refractivity contribution is -0.130. The van der Waals surface area contributed by atoms with Crippen LogP contribution in [-0.4, -0.2) is 36.2 Å². The number of amides is 1. The Bertz CT molecular complexity index is 604. The SMILES string of the molecule is CC(=O)N1CCC(CCC(=O)c2ccc3c(c2)CNCCC3)CC1. The first-order chi connectivity index (χ1) is 11.6. The standard InChI is InChI=1S/C20H28N2O2/c1-15(23)22-11-8-16(9-12-22)4-7-20(24)18-6-5-17-3-2-10-21-14-19(17)13-18/h5-6,13,16,21H,2-4,7-12,14H2,1H3. The minimum atomic E-state index is 0.170. The van der Waals surface area contributed by atoms with Crippen LogP contribution >= 0.6 is 0 Å². The summed E-state index contributed by atoms with van der Waals surface area (Å²) in [4.78, 5) is 25.8. The van der Waals surface area contributed by atoms with Crippen molar-refractivity contribution in [2.24, 2.45) is 5.92 Å². The van der Waals surface area contributed by atoms with Gasteiger partial charge in [-0.3, -0.25) is 9.59 Å². The van der Waals surface area contributed by atoms with Gasteiger partial charge in [-0.2, -0.15) is 0 Å². The van der Waals surface area contributed by atoms with Gasteiger partial charge < -0.3 is 10.2 Å². The van der Waals surface area contributed by atoms with Gasteiger partial charge in [0.2, 0.25) is 5.91 Å². The first-order valence-corrected chi connectivity index (χ1v) is 9.24. The summed E-state index contributed by atoms with van der Waals surface area (Å²) in [5, 5.41) is 3.42. The molecule has 0 unspecified atom stereocenters. The number of aryl methyl sites for hydroxylation is 1. The third-order valence-corrected chi connectivity index (χ3v) is 5.48. The molecule has 24 heavy (non-hydrogen) atoms. The van der Waals surface area contributed by atoms with E-state index in [4.69, 9.17) is 0 Å². The van der Waals surface area contributed by atoms with Crippen LogP contribution in [0.25, 0.3) is 0 Å². The Kier molecular flexibility index (Phi) is 5.67. The molecular weight excluding hydrogens is 300 g/mol. The van der Waals surface area contributed by atoms with E-state index in [1.54, 1.807) is 6.92 Å². The number of ketones is 1. The van der Waals surface area contributed by atoms with Crippen molar-refractivity contribution in [2.75, 3.05) is 19.6 Å².